The molecule has 4 rings (SSSR count). The fourth-order valence-corrected chi connectivity index (χ4v) is 4.54. The number of piperidine rings is 1. The first kappa shape index (κ1) is 14.4. The average Bonchev–Trinajstić information content (AvgIpc) is 3.25. The molecule has 1 aromatic rings. The first-order valence-electron chi connectivity index (χ1n) is 8.20. The van der Waals surface area contributed by atoms with Gasteiger partial charge in [-0.15, -0.1) is 10.2 Å². The lowest BCUT2D eigenvalue weighted by Crippen LogP contribution is -2.42. The quantitative estimate of drug-likeness (QED) is 0.825. The maximum Gasteiger partial charge on any atom is 0.251 e. The van der Waals surface area contributed by atoms with Crippen LogP contribution in [0.4, 0.5) is 5.13 Å². The Labute approximate surface area is 134 Å². The van der Waals surface area contributed by atoms with Gasteiger partial charge in [-0.2, -0.15) is 0 Å². The number of fused-ring (bicyclic) bond motifs is 1. The average molecular weight is 322 g/mol. The van der Waals surface area contributed by atoms with E-state index in [1.54, 1.807) is 11.3 Å². The number of likely N-dealkylation sites (tertiary alicyclic amines) is 1. The number of hydrogen-bond donors (Lipinski definition) is 0. The van der Waals surface area contributed by atoms with Gasteiger partial charge in [0.15, 0.2) is 0 Å². The van der Waals surface area contributed by atoms with Gasteiger partial charge >= 0.3 is 0 Å². The topological polar surface area (TPSA) is 58.6 Å². The summed E-state index contributed by atoms with van der Waals surface area (Å²) in [6, 6.07) is 0. The predicted molar refractivity (Wildman–Crippen MR) is 84.1 cm³/mol. The van der Waals surface area contributed by atoms with E-state index >= 15 is 0 Å². The number of amides is 1. The van der Waals surface area contributed by atoms with Gasteiger partial charge in [-0.1, -0.05) is 11.3 Å². The lowest BCUT2D eigenvalue weighted by Gasteiger charge is -2.33. The molecule has 3 atom stereocenters. The van der Waals surface area contributed by atoms with Crippen LogP contribution in [0.25, 0.3) is 0 Å². The number of nitrogens with zero attached hydrogens (tertiary/aromatic N) is 4. The Bertz CT molecular complexity index is 557. The fraction of sp³-hybridized carbons (Fsp3) is 0.800. The van der Waals surface area contributed by atoms with Crippen LogP contribution in [-0.4, -0.2) is 59.4 Å². The van der Waals surface area contributed by atoms with Gasteiger partial charge in [0.25, 0.3) is 5.91 Å². The van der Waals surface area contributed by atoms with Crippen LogP contribution in [0.3, 0.4) is 0 Å². The zero-order valence-electron chi connectivity index (χ0n) is 12.9. The third-order valence-corrected chi connectivity index (χ3v) is 5.93. The summed E-state index contributed by atoms with van der Waals surface area (Å²) in [7, 11) is 0. The van der Waals surface area contributed by atoms with Gasteiger partial charge in [0.2, 0.25) is 5.13 Å². The Morgan fingerprint density at radius 1 is 1.27 bits per heavy atom. The summed E-state index contributed by atoms with van der Waals surface area (Å²) in [6.45, 7) is 5.62. The molecule has 7 heteroatoms. The molecular formula is C15H22N4O2S. The number of carbonyl (C=O) groups excluding carboxylic acids is 1. The summed E-state index contributed by atoms with van der Waals surface area (Å²) >= 11 is 1.63. The van der Waals surface area contributed by atoms with Crippen LogP contribution < -0.4 is 4.90 Å². The maximum absolute atomic E-state index is 12.5. The number of ether oxygens (including phenoxy) is 1. The van der Waals surface area contributed by atoms with E-state index in [9.17, 15) is 4.79 Å². The Morgan fingerprint density at radius 2 is 2.09 bits per heavy atom. The first-order valence-corrected chi connectivity index (χ1v) is 9.01. The molecule has 6 nitrogen and oxygen atoms in total. The van der Waals surface area contributed by atoms with Crippen LogP contribution in [0, 0.1) is 12.8 Å². The molecule has 22 heavy (non-hydrogen) atoms. The van der Waals surface area contributed by atoms with Crippen molar-refractivity contribution in [3.05, 3.63) is 5.01 Å². The van der Waals surface area contributed by atoms with Gasteiger partial charge < -0.3 is 14.5 Å². The SMILES string of the molecule is Cc1nnc(N2CC[C@@H]3C[C@H](C(=O)N4CCCC4)O[C@H]3C2)s1. The molecular weight excluding hydrogens is 300 g/mol. The van der Waals surface area contributed by atoms with Crippen molar-refractivity contribution in [2.45, 2.75) is 44.8 Å². The number of hydrogen-bond acceptors (Lipinski definition) is 6. The molecule has 0 spiro atoms. The highest BCUT2D eigenvalue weighted by atomic mass is 32.1. The van der Waals surface area contributed by atoms with Crippen LogP contribution in [-0.2, 0) is 9.53 Å². The van der Waals surface area contributed by atoms with Crippen molar-refractivity contribution >= 4 is 22.4 Å². The molecule has 0 N–H and O–H groups in total. The molecule has 3 fully saturated rings. The van der Waals surface area contributed by atoms with Crippen LogP contribution in [0.2, 0.25) is 0 Å². The smallest absolute Gasteiger partial charge is 0.251 e. The molecule has 120 valence electrons. The number of anilines is 1. The Hall–Kier alpha value is -1.21. The molecule has 1 amide bonds. The highest BCUT2D eigenvalue weighted by Crippen LogP contribution is 2.36. The van der Waals surface area contributed by atoms with Crippen molar-refractivity contribution in [3.63, 3.8) is 0 Å². The highest BCUT2D eigenvalue weighted by Gasteiger charge is 2.43. The van der Waals surface area contributed by atoms with Crippen molar-refractivity contribution in [3.8, 4) is 0 Å². The van der Waals surface area contributed by atoms with Crippen molar-refractivity contribution in [2.75, 3.05) is 31.1 Å². The van der Waals surface area contributed by atoms with Gasteiger partial charge in [-0.05, 0) is 38.5 Å². The molecule has 3 aliphatic rings. The van der Waals surface area contributed by atoms with Crippen LogP contribution in [0.15, 0.2) is 0 Å². The fourth-order valence-electron chi connectivity index (χ4n) is 3.82. The third kappa shape index (κ3) is 2.60. The lowest BCUT2D eigenvalue weighted by molar-refractivity contribution is -0.141. The second kappa shape index (κ2) is 5.77. The van der Waals surface area contributed by atoms with E-state index < -0.39 is 0 Å². The summed E-state index contributed by atoms with van der Waals surface area (Å²) in [5.41, 5.74) is 0. The molecule has 0 saturated carbocycles. The summed E-state index contributed by atoms with van der Waals surface area (Å²) in [6.07, 6.45) is 4.18. The van der Waals surface area contributed by atoms with Crippen LogP contribution >= 0.6 is 11.3 Å². The summed E-state index contributed by atoms with van der Waals surface area (Å²) < 4.78 is 6.12. The zero-order valence-corrected chi connectivity index (χ0v) is 13.7. The van der Waals surface area contributed by atoms with E-state index in [1.165, 1.54) is 0 Å². The highest BCUT2D eigenvalue weighted by molar-refractivity contribution is 7.15. The Morgan fingerprint density at radius 3 is 2.82 bits per heavy atom. The molecule has 3 saturated heterocycles. The van der Waals surface area contributed by atoms with E-state index in [0.717, 1.165) is 62.0 Å². The molecule has 1 aromatic heterocycles. The molecule has 4 heterocycles. The van der Waals surface area contributed by atoms with E-state index in [0.29, 0.717) is 5.92 Å². The summed E-state index contributed by atoms with van der Waals surface area (Å²) in [5.74, 6) is 0.729. The standard InChI is InChI=1S/C15H22N4O2S/c1-10-16-17-15(22-10)19-7-4-11-8-12(21-13(11)9-19)14(20)18-5-2-3-6-18/h11-13H,2-9H2,1H3/t11-,12-,13+/m1/s1. The maximum atomic E-state index is 12.5. The molecule has 0 radical (unpaired) electrons. The number of carbonyl (C=O) groups is 1. The molecule has 0 aromatic carbocycles. The van der Waals surface area contributed by atoms with E-state index in [-0.39, 0.29) is 18.1 Å². The minimum Gasteiger partial charge on any atom is -0.363 e. The van der Waals surface area contributed by atoms with Gasteiger partial charge in [0.1, 0.15) is 11.1 Å². The van der Waals surface area contributed by atoms with Crippen LogP contribution in [0.5, 0.6) is 0 Å². The minimum absolute atomic E-state index is 0.162. The van der Waals surface area contributed by atoms with Gasteiger partial charge in [0.05, 0.1) is 6.10 Å². The Kier molecular flexibility index (Phi) is 3.78. The normalized spacial score (nSPS) is 31.6. The number of rotatable bonds is 2. The van der Waals surface area contributed by atoms with Gasteiger partial charge in [-0.3, -0.25) is 4.79 Å². The van der Waals surface area contributed by atoms with Crippen molar-refractivity contribution in [1.29, 1.82) is 0 Å². The predicted octanol–water partition coefficient (Wildman–Crippen LogP) is 1.45. The molecule has 3 aliphatic heterocycles. The Balaban J connectivity index is 1.40. The van der Waals surface area contributed by atoms with Gasteiger partial charge in [0, 0.05) is 26.2 Å². The van der Waals surface area contributed by atoms with E-state index in [4.69, 9.17) is 4.74 Å². The van der Waals surface area contributed by atoms with E-state index in [1.807, 2.05) is 11.8 Å². The number of aryl methyl sites for hydroxylation is 1. The first-order chi connectivity index (χ1) is 10.7. The number of aromatic nitrogens is 2. The zero-order chi connectivity index (χ0) is 15.1. The van der Waals surface area contributed by atoms with Crippen molar-refractivity contribution in [1.82, 2.24) is 15.1 Å². The van der Waals surface area contributed by atoms with Gasteiger partial charge in [-0.25, -0.2) is 0 Å². The van der Waals surface area contributed by atoms with E-state index in [2.05, 4.69) is 15.1 Å². The lowest BCUT2D eigenvalue weighted by atomic mass is 9.92. The van der Waals surface area contributed by atoms with Crippen molar-refractivity contribution in [2.24, 2.45) is 5.92 Å². The monoisotopic (exact) mass is 322 g/mol. The summed E-state index contributed by atoms with van der Waals surface area (Å²) in [5, 5.41) is 10.3. The summed E-state index contributed by atoms with van der Waals surface area (Å²) in [4.78, 5) is 16.8. The third-order valence-electron chi connectivity index (χ3n) is 5.03. The molecule has 0 unspecified atom stereocenters. The molecule has 0 aliphatic carbocycles. The van der Waals surface area contributed by atoms with Crippen LogP contribution in [0.1, 0.15) is 30.7 Å². The second-order valence-electron chi connectivity index (χ2n) is 6.53. The minimum atomic E-state index is -0.218. The van der Waals surface area contributed by atoms with Crippen molar-refractivity contribution < 1.29 is 9.53 Å². The largest absolute Gasteiger partial charge is 0.363 e. The molecule has 0 bridgehead atoms. The second-order valence-corrected chi connectivity index (χ2v) is 7.69.